The zero-order valence-corrected chi connectivity index (χ0v) is 12.0. The van der Waals surface area contributed by atoms with Crippen LogP contribution in [0, 0.1) is 0 Å². The zero-order chi connectivity index (χ0) is 14.5. The van der Waals surface area contributed by atoms with Gasteiger partial charge in [-0.1, -0.05) is 22.9 Å². The van der Waals surface area contributed by atoms with Crippen molar-refractivity contribution in [2.45, 2.75) is 6.42 Å². The largest absolute Gasteiger partial charge is 0.469 e. The predicted octanol–water partition coefficient (Wildman–Crippen LogP) is 2.16. The van der Waals surface area contributed by atoms with E-state index in [2.05, 4.69) is 20.3 Å². The van der Waals surface area contributed by atoms with Gasteiger partial charge >= 0.3 is 5.97 Å². The molecule has 0 aliphatic rings. The highest BCUT2D eigenvalue weighted by molar-refractivity contribution is 7.15. The second-order valence-electron chi connectivity index (χ2n) is 3.71. The van der Waals surface area contributed by atoms with Gasteiger partial charge in [-0.25, -0.2) is 0 Å². The molecular formula is C12H10ClN3O3S. The van der Waals surface area contributed by atoms with E-state index in [9.17, 15) is 9.59 Å². The normalized spacial score (nSPS) is 10.1. The van der Waals surface area contributed by atoms with Crippen molar-refractivity contribution in [1.29, 1.82) is 0 Å². The van der Waals surface area contributed by atoms with E-state index >= 15 is 0 Å². The van der Waals surface area contributed by atoms with Crippen LogP contribution in [0.15, 0.2) is 24.3 Å². The molecule has 8 heteroatoms. The number of hydrogen-bond acceptors (Lipinski definition) is 6. The Kier molecular flexibility index (Phi) is 4.65. The SMILES string of the molecule is COC(=O)Cc1nnc(NC(=O)c2ccc(Cl)cc2)s1. The lowest BCUT2D eigenvalue weighted by molar-refractivity contribution is -0.139. The molecular weight excluding hydrogens is 302 g/mol. The molecule has 0 aliphatic heterocycles. The summed E-state index contributed by atoms with van der Waals surface area (Å²) in [6, 6.07) is 6.46. The molecule has 2 aromatic rings. The van der Waals surface area contributed by atoms with Crippen LogP contribution < -0.4 is 5.32 Å². The van der Waals surface area contributed by atoms with Crippen LogP contribution in [0.4, 0.5) is 5.13 Å². The Bertz CT molecular complexity index is 627. The third kappa shape index (κ3) is 3.75. The van der Waals surface area contributed by atoms with E-state index < -0.39 is 5.97 Å². The summed E-state index contributed by atoms with van der Waals surface area (Å²) in [7, 11) is 1.30. The third-order valence-electron chi connectivity index (χ3n) is 2.32. The summed E-state index contributed by atoms with van der Waals surface area (Å²) in [5, 5.41) is 11.5. The van der Waals surface area contributed by atoms with Crippen molar-refractivity contribution in [2.75, 3.05) is 12.4 Å². The molecule has 1 N–H and O–H groups in total. The minimum Gasteiger partial charge on any atom is -0.469 e. The smallest absolute Gasteiger partial charge is 0.312 e. The number of esters is 1. The Hall–Kier alpha value is -1.99. The zero-order valence-electron chi connectivity index (χ0n) is 10.4. The van der Waals surface area contributed by atoms with Gasteiger partial charge in [-0.3, -0.25) is 14.9 Å². The lowest BCUT2D eigenvalue weighted by atomic mass is 10.2. The van der Waals surface area contributed by atoms with Gasteiger partial charge in [0.2, 0.25) is 5.13 Å². The highest BCUT2D eigenvalue weighted by Gasteiger charge is 2.12. The summed E-state index contributed by atoms with van der Waals surface area (Å²) >= 11 is 6.87. The third-order valence-corrected chi connectivity index (χ3v) is 3.41. The highest BCUT2D eigenvalue weighted by Crippen LogP contribution is 2.17. The van der Waals surface area contributed by atoms with Crippen LogP contribution in [0.1, 0.15) is 15.4 Å². The number of amides is 1. The van der Waals surface area contributed by atoms with E-state index in [1.54, 1.807) is 24.3 Å². The molecule has 1 aromatic carbocycles. The Morgan fingerprint density at radius 2 is 2.00 bits per heavy atom. The first-order chi connectivity index (χ1) is 9.58. The Labute approximate surface area is 123 Å². The van der Waals surface area contributed by atoms with Gasteiger partial charge in [0.1, 0.15) is 5.01 Å². The van der Waals surface area contributed by atoms with Crippen molar-refractivity contribution in [2.24, 2.45) is 0 Å². The summed E-state index contributed by atoms with van der Waals surface area (Å²) in [6.07, 6.45) is 0.0327. The fourth-order valence-corrected chi connectivity index (χ4v) is 2.19. The molecule has 0 spiro atoms. The summed E-state index contributed by atoms with van der Waals surface area (Å²) in [4.78, 5) is 23.0. The van der Waals surface area contributed by atoms with Crippen LogP contribution in [0.5, 0.6) is 0 Å². The molecule has 0 fully saturated rings. The van der Waals surface area contributed by atoms with E-state index in [0.717, 1.165) is 11.3 Å². The van der Waals surface area contributed by atoms with E-state index in [4.69, 9.17) is 11.6 Å². The first-order valence-corrected chi connectivity index (χ1v) is 6.74. The number of nitrogens with one attached hydrogen (secondary N) is 1. The number of ether oxygens (including phenoxy) is 1. The van der Waals surface area contributed by atoms with Crippen LogP contribution in [-0.4, -0.2) is 29.2 Å². The molecule has 0 radical (unpaired) electrons. The number of aromatic nitrogens is 2. The molecule has 0 aliphatic carbocycles. The quantitative estimate of drug-likeness (QED) is 0.875. The van der Waals surface area contributed by atoms with Gasteiger partial charge in [0.15, 0.2) is 0 Å². The average Bonchev–Trinajstić information content (AvgIpc) is 2.86. The van der Waals surface area contributed by atoms with Crippen molar-refractivity contribution < 1.29 is 14.3 Å². The average molecular weight is 312 g/mol. The van der Waals surface area contributed by atoms with Gasteiger partial charge in [-0.05, 0) is 24.3 Å². The molecule has 6 nitrogen and oxygen atoms in total. The fourth-order valence-electron chi connectivity index (χ4n) is 1.34. The Morgan fingerprint density at radius 1 is 1.30 bits per heavy atom. The molecule has 0 atom stereocenters. The van der Waals surface area contributed by atoms with Gasteiger partial charge in [-0.2, -0.15) is 0 Å². The van der Waals surface area contributed by atoms with Crippen LogP contribution in [0.2, 0.25) is 5.02 Å². The number of carbonyl (C=O) groups is 2. The molecule has 2 rings (SSSR count). The number of hydrogen-bond donors (Lipinski definition) is 1. The second-order valence-corrected chi connectivity index (χ2v) is 5.21. The van der Waals surface area contributed by atoms with E-state index in [0.29, 0.717) is 20.7 Å². The molecule has 1 amide bonds. The lowest BCUT2D eigenvalue weighted by Crippen LogP contribution is -2.11. The van der Waals surface area contributed by atoms with Gasteiger partial charge in [0.05, 0.1) is 13.5 Å². The monoisotopic (exact) mass is 311 g/mol. The second kappa shape index (κ2) is 6.44. The number of rotatable bonds is 4. The molecule has 104 valence electrons. The molecule has 1 aromatic heterocycles. The topological polar surface area (TPSA) is 81.2 Å². The van der Waals surface area contributed by atoms with E-state index in [1.807, 2.05) is 0 Å². The minimum atomic E-state index is -0.406. The van der Waals surface area contributed by atoms with Crippen LogP contribution in [0.3, 0.4) is 0 Å². The number of carbonyl (C=O) groups excluding carboxylic acids is 2. The van der Waals surface area contributed by atoms with E-state index in [-0.39, 0.29) is 12.3 Å². The van der Waals surface area contributed by atoms with Crippen molar-refractivity contribution in [3.05, 3.63) is 39.9 Å². The van der Waals surface area contributed by atoms with Gasteiger partial charge in [0, 0.05) is 10.6 Å². The molecule has 20 heavy (non-hydrogen) atoms. The van der Waals surface area contributed by atoms with Gasteiger partial charge in [0.25, 0.3) is 5.91 Å². The molecule has 0 unspecified atom stereocenters. The number of benzene rings is 1. The number of nitrogens with zero attached hydrogens (tertiary/aromatic N) is 2. The molecule has 0 bridgehead atoms. The Balaban J connectivity index is 2.01. The lowest BCUT2D eigenvalue weighted by Gasteiger charge is -2.00. The minimum absolute atomic E-state index is 0.0327. The van der Waals surface area contributed by atoms with Crippen molar-refractivity contribution in [1.82, 2.24) is 10.2 Å². The highest BCUT2D eigenvalue weighted by atomic mass is 35.5. The number of halogens is 1. The van der Waals surface area contributed by atoms with Crippen molar-refractivity contribution in [3.8, 4) is 0 Å². The maximum Gasteiger partial charge on any atom is 0.312 e. The first-order valence-electron chi connectivity index (χ1n) is 5.54. The molecule has 1 heterocycles. The van der Waals surface area contributed by atoms with Crippen LogP contribution in [0.25, 0.3) is 0 Å². The first kappa shape index (κ1) is 14.4. The van der Waals surface area contributed by atoms with E-state index in [1.165, 1.54) is 7.11 Å². The number of methoxy groups -OCH3 is 1. The number of anilines is 1. The molecule has 0 saturated heterocycles. The van der Waals surface area contributed by atoms with Gasteiger partial charge < -0.3 is 4.74 Å². The summed E-state index contributed by atoms with van der Waals surface area (Å²) < 4.78 is 4.53. The molecule has 0 saturated carbocycles. The maximum atomic E-state index is 11.9. The fraction of sp³-hybridized carbons (Fsp3) is 0.167. The Morgan fingerprint density at radius 3 is 2.65 bits per heavy atom. The maximum absolute atomic E-state index is 11.9. The predicted molar refractivity (Wildman–Crippen MR) is 75.0 cm³/mol. The summed E-state index contributed by atoms with van der Waals surface area (Å²) in [5.74, 6) is -0.723. The van der Waals surface area contributed by atoms with Crippen LogP contribution >= 0.6 is 22.9 Å². The van der Waals surface area contributed by atoms with Crippen LogP contribution in [-0.2, 0) is 16.0 Å². The van der Waals surface area contributed by atoms with Gasteiger partial charge in [-0.15, -0.1) is 10.2 Å². The summed E-state index contributed by atoms with van der Waals surface area (Å²) in [5.41, 5.74) is 0.458. The summed E-state index contributed by atoms with van der Waals surface area (Å²) in [6.45, 7) is 0. The van der Waals surface area contributed by atoms with Crippen molar-refractivity contribution >= 4 is 39.9 Å². The van der Waals surface area contributed by atoms with Crippen molar-refractivity contribution in [3.63, 3.8) is 0 Å². The standard InChI is InChI=1S/C12H10ClN3O3S/c1-19-10(17)6-9-15-16-12(20-9)14-11(18)7-2-4-8(13)5-3-7/h2-5H,6H2,1H3,(H,14,16,18).